The minimum Gasteiger partial charge on any atom is -0.388 e. The maximum absolute atomic E-state index is 10.1. The lowest BCUT2D eigenvalue weighted by Gasteiger charge is -2.14. The summed E-state index contributed by atoms with van der Waals surface area (Å²) < 4.78 is 0. The number of halogens is 1. The number of nitrogens with zero attached hydrogens (tertiary/aromatic N) is 1. The summed E-state index contributed by atoms with van der Waals surface area (Å²) in [5, 5.41) is 16.7. The molecule has 1 aromatic rings. The highest BCUT2D eigenvalue weighted by Crippen LogP contribution is 2.14. The molecule has 4 nitrogen and oxygen atoms in total. The van der Waals surface area contributed by atoms with Gasteiger partial charge >= 0.3 is 0 Å². The first kappa shape index (κ1) is 22.2. The second-order valence-electron chi connectivity index (χ2n) is 5.94. The second kappa shape index (κ2) is 13.6. The van der Waals surface area contributed by atoms with Gasteiger partial charge in [-0.2, -0.15) is 0 Å². The molecule has 0 heterocycles. The van der Waals surface area contributed by atoms with Crippen molar-refractivity contribution >= 4 is 29.9 Å². The Morgan fingerprint density at radius 2 is 1.83 bits per heavy atom. The first-order valence-electron chi connectivity index (χ1n) is 8.38. The van der Waals surface area contributed by atoms with Gasteiger partial charge in [0.15, 0.2) is 5.96 Å². The summed E-state index contributed by atoms with van der Waals surface area (Å²) in [6, 6.07) is 9.77. The van der Waals surface area contributed by atoms with Gasteiger partial charge in [0.05, 0.1) is 6.10 Å². The molecule has 0 aliphatic heterocycles. The van der Waals surface area contributed by atoms with Crippen LogP contribution in [-0.4, -0.2) is 30.7 Å². The highest BCUT2D eigenvalue weighted by Gasteiger charge is 2.06. The van der Waals surface area contributed by atoms with Gasteiger partial charge in [-0.1, -0.05) is 44.2 Å². The number of hydrogen-bond donors (Lipinski definition) is 3. The van der Waals surface area contributed by atoms with Crippen molar-refractivity contribution in [2.24, 2.45) is 10.9 Å². The predicted molar refractivity (Wildman–Crippen MR) is 109 cm³/mol. The number of aliphatic hydroxyl groups is 1. The van der Waals surface area contributed by atoms with E-state index in [-0.39, 0.29) is 24.0 Å². The summed E-state index contributed by atoms with van der Waals surface area (Å²) in [5.74, 6) is 1.57. The van der Waals surface area contributed by atoms with Crippen LogP contribution in [0.3, 0.4) is 0 Å². The highest BCUT2D eigenvalue weighted by molar-refractivity contribution is 14.0. The fraction of sp³-hybridized carbons (Fsp3) is 0.611. The standard InChI is InChI=1S/C18H31N3O.HI/c1-4-19-18(20-13-8-9-15(2)3)21-14-12-17(22)16-10-6-5-7-11-16;/h5-7,10-11,15,17,22H,4,8-9,12-14H2,1-3H3,(H2,19,20,21);1H. The third-order valence-corrected chi connectivity index (χ3v) is 3.45. The number of benzene rings is 1. The summed E-state index contributed by atoms with van der Waals surface area (Å²) >= 11 is 0. The lowest BCUT2D eigenvalue weighted by Crippen LogP contribution is -2.38. The van der Waals surface area contributed by atoms with Crippen molar-refractivity contribution < 1.29 is 5.11 Å². The minimum atomic E-state index is -0.433. The molecule has 0 fully saturated rings. The van der Waals surface area contributed by atoms with Crippen molar-refractivity contribution in [3.8, 4) is 0 Å². The van der Waals surface area contributed by atoms with Crippen molar-refractivity contribution in [3.05, 3.63) is 35.9 Å². The molecule has 0 amide bonds. The first-order valence-corrected chi connectivity index (χ1v) is 8.38. The van der Waals surface area contributed by atoms with Crippen LogP contribution in [0.5, 0.6) is 0 Å². The molecule has 1 rings (SSSR count). The summed E-state index contributed by atoms with van der Waals surface area (Å²) in [7, 11) is 0. The molecule has 1 atom stereocenters. The van der Waals surface area contributed by atoms with E-state index in [9.17, 15) is 5.11 Å². The molecule has 0 aliphatic carbocycles. The Hall–Kier alpha value is -0.820. The smallest absolute Gasteiger partial charge is 0.191 e. The number of rotatable bonds is 9. The number of nitrogens with one attached hydrogen (secondary N) is 2. The quantitative estimate of drug-likeness (QED) is 0.241. The Labute approximate surface area is 158 Å². The molecule has 0 aliphatic rings. The van der Waals surface area contributed by atoms with Crippen LogP contribution in [0.2, 0.25) is 0 Å². The summed E-state index contributed by atoms with van der Waals surface area (Å²) in [5.41, 5.74) is 0.961. The van der Waals surface area contributed by atoms with Gasteiger partial charge < -0.3 is 15.7 Å². The molecule has 5 heteroatoms. The molecule has 0 saturated heterocycles. The van der Waals surface area contributed by atoms with Crippen LogP contribution in [0.25, 0.3) is 0 Å². The van der Waals surface area contributed by atoms with Gasteiger partial charge in [0.1, 0.15) is 0 Å². The van der Waals surface area contributed by atoms with Gasteiger partial charge in [0, 0.05) is 19.6 Å². The van der Waals surface area contributed by atoms with Crippen molar-refractivity contribution in [3.63, 3.8) is 0 Å². The minimum absolute atomic E-state index is 0. The number of aliphatic hydroxyl groups excluding tert-OH is 1. The Kier molecular flexibility index (Phi) is 13.1. The van der Waals surface area contributed by atoms with Crippen LogP contribution in [0.15, 0.2) is 35.3 Å². The van der Waals surface area contributed by atoms with Crippen LogP contribution in [-0.2, 0) is 0 Å². The molecule has 0 aromatic heterocycles. The van der Waals surface area contributed by atoms with E-state index in [4.69, 9.17) is 0 Å². The van der Waals surface area contributed by atoms with Gasteiger partial charge in [-0.3, -0.25) is 4.99 Å². The number of aliphatic imine (C=N–C) groups is 1. The second-order valence-corrected chi connectivity index (χ2v) is 5.94. The van der Waals surface area contributed by atoms with E-state index in [1.54, 1.807) is 0 Å². The molecule has 1 unspecified atom stereocenters. The topological polar surface area (TPSA) is 56.7 Å². The van der Waals surface area contributed by atoms with Crippen LogP contribution < -0.4 is 10.6 Å². The number of guanidine groups is 1. The fourth-order valence-corrected chi connectivity index (χ4v) is 2.20. The van der Waals surface area contributed by atoms with E-state index in [0.717, 1.165) is 37.0 Å². The van der Waals surface area contributed by atoms with Gasteiger partial charge in [-0.25, -0.2) is 0 Å². The van der Waals surface area contributed by atoms with E-state index < -0.39 is 6.10 Å². The third-order valence-electron chi connectivity index (χ3n) is 3.45. The van der Waals surface area contributed by atoms with Crippen molar-refractivity contribution in [1.82, 2.24) is 10.6 Å². The van der Waals surface area contributed by atoms with Gasteiger partial charge in [-0.05, 0) is 37.7 Å². The van der Waals surface area contributed by atoms with Gasteiger partial charge in [-0.15, -0.1) is 24.0 Å². The zero-order valence-electron chi connectivity index (χ0n) is 14.6. The molecule has 0 spiro atoms. The Morgan fingerprint density at radius 3 is 2.43 bits per heavy atom. The van der Waals surface area contributed by atoms with E-state index in [1.165, 1.54) is 6.42 Å². The Balaban J connectivity index is 0.00000484. The maximum Gasteiger partial charge on any atom is 0.191 e. The van der Waals surface area contributed by atoms with E-state index >= 15 is 0 Å². The molecule has 0 radical (unpaired) electrons. The van der Waals surface area contributed by atoms with Gasteiger partial charge in [0.25, 0.3) is 0 Å². The zero-order chi connectivity index (χ0) is 16.2. The average molecular weight is 433 g/mol. The first-order chi connectivity index (χ1) is 10.6. The predicted octanol–water partition coefficient (Wildman–Crippen LogP) is 3.72. The van der Waals surface area contributed by atoms with Crippen molar-refractivity contribution in [2.75, 3.05) is 19.6 Å². The molecule has 0 bridgehead atoms. The van der Waals surface area contributed by atoms with Crippen LogP contribution in [0, 0.1) is 5.92 Å². The third kappa shape index (κ3) is 10.5. The normalized spacial score (nSPS) is 12.7. The van der Waals surface area contributed by atoms with Crippen molar-refractivity contribution in [2.45, 2.75) is 46.1 Å². The molecule has 132 valence electrons. The van der Waals surface area contributed by atoms with Crippen LogP contribution in [0.1, 0.15) is 51.7 Å². The molecule has 23 heavy (non-hydrogen) atoms. The summed E-state index contributed by atoms with van der Waals surface area (Å²) in [6.07, 6.45) is 2.55. The highest BCUT2D eigenvalue weighted by atomic mass is 127. The van der Waals surface area contributed by atoms with Crippen LogP contribution in [0.4, 0.5) is 0 Å². The molecule has 0 saturated carbocycles. The molecular formula is C18H32IN3O. The monoisotopic (exact) mass is 433 g/mol. The molecule has 1 aromatic carbocycles. The SMILES string of the molecule is CCNC(=NCCCC(C)C)NCCC(O)c1ccccc1.I. The fourth-order valence-electron chi connectivity index (χ4n) is 2.20. The molecule has 3 N–H and O–H groups in total. The largest absolute Gasteiger partial charge is 0.388 e. The lowest BCUT2D eigenvalue weighted by atomic mass is 10.1. The Bertz CT molecular complexity index is 424. The van der Waals surface area contributed by atoms with Crippen molar-refractivity contribution in [1.29, 1.82) is 0 Å². The van der Waals surface area contributed by atoms with Gasteiger partial charge in [0.2, 0.25) is 0 Å². The Morgan fingerprint density at radius 1 is 1.13 bits per heavy atom. The average Bonchev–Trinajstić information content (AvgIpc) is 2.52. The van der Waals surface area contributed by atoms with E-state index in [0.29, 0.717) is 13.0 Å². The maximum atomic E-state index is 10.1. The summed E-state index contributed by atoms with van der Waals surface area (Å²) in [4.78, 5) is 4.57. The number of hydrogen-bond acceptors (Lipinski definition) is 2. The van der Waals surface area contributed by atoms with E-state index in [2.05, 4.69) is 36.4 Å². The molecular weight excluding hydrogens is 401 g/mol. The van der Waals surface area contributed by atoms with E-state index in [1.807, 2.05) is 30.3 Å². The van der Waals surface area contributed by atoms with Crippen LogP contribution >= 0.6 is 24.0 Å². The lowest BCUT2D eigenvalue weighted by molar-refractivity contribution is 0.168. The zero-order valence-corrected chi connectivity index (χ0v) is 16.9. The summed E-state index contributed by atoms with van der Waals surface area (Å²) in [6.45, 7) is 8.92.